The first-order valence-electron chi connectivity index (χ1n) is 6.97. The van der Waals surface area contributed by atoms with Gasteiger partial charge in [0.15, 0.2) is 0 Å². The summed E-state index contributed by atoms with van der Waals surface area (Å²) >= 11 is 0. The molecule has 0 amide bonds. The van der Waals surface area contributed by atoms with Crippen LogP contribution in [0.1, 0.15) is 37.6 Å². The maximum absolute atomic E-state index is 11.0. The summed E-state index contributed by atoms with van der Waals surface area (Å²) in [5.41, 5.74) is 0.301. The average Bonchev–Trinajstić information content (AvgIpc) is 2.87. The molecule has 1 aromatic rings. The number of benzene rings is 1. The highest BCUT2D eigenvalue weighted by molar-refractivity contribution is 5.93. The van der Waals surface area contributed by atoms with Crippen molar-refractivity contribution >= 4 is 17.3 Å². The molecule has 0 saturated carbocycles. The highest BCUT2D eigenvalue weighted by atomic mass is 16.6. The van der Waals surface area contributed by atoms with Crippen molar-refractivity contribution in [1.29, 1.82) is 0 Å². The topological polar surface area (TPSA) is 83.7 Å². The summed E-state index contributed by atoms with van der Waals surface area (Å²) in [5, 5.41) is 20.0. The van der Waals surface area contributed by atoms with E-state index in [9.17, 15) is 14.9 Å². The van der Waals surface area contributed by atoms with Crippen LogP contribution in [0.25, 0.3) is 0 Å². The monoisotopic (exact) mass is 292 g/mol. The number of anilines is 1. The second-order valence-corrected chi connectivity index (χ2v) is 6.56. The average molecular weight is 292 g/mol. The van der Waals surface area contributed by atoms with Crippen LogP contribution in [0.3, 0.4) is 0 Å². The van der Waals surface area contributed by atoms with Crippen molar-refractivity contribution in [3.63, 3.8) is 0 Å². The van der Waals surface area contributed by atoms with E-state index in [-0.39, 0.29) is 16.7 Å². The second kappa shape index (κ2) is 5.35. The Morgan fingerprint density at radius 2 is 2.10 bits per heavy atom. The molecule has 0 aromatic heterocycles. The van der Waals surface area contributed by atoms with Crippen LogP contribution < -0.4 is 4.90 Å². The van der Waals surface area contributed by atoms with Gasteiger partial charge in [-0.05, 0) is 29.9 Å². The molecule has 0 radical (unpaired) electrons. The smallest absolute Gasteiger partial charge is 0.342 e. The van der Waals surface area contributed by atoms with Crippen molar-refractivity contribution in [2.24, 2.45) is 11.3 Å². The molecule has 1 saturated heterocycles. The number of carboxylic acid groups (broad SMARTS) is 1. The molecular formula is C15H20N2O4. The van der Waals surface area contributed by atoms with E-state index in [1.165, 1.54) is 12.1 Å². The zero-order valence-corrected chi connectivity index (χ0v) is 12.5. The standard InChI is InChI=1S/C15H20N2O4/c1-15(2,3)10-6-7-16(9-10)11-4-5-12(14(18)19)13(8-11)17(20)21/h4-5,8,10H,6-7,9H2,1-3H3,(H,18,19). The van der Waals surface area contributed by atoms with Crippen LogP contribution in [0.15, 0.2) is 18.2 Å². The van der Waals surface area contributed by atoms with Crippen LogP contribution in [0.2, 0.25) is 0 Å². The SMILES string of the molecule is CC(C)(C)C1CCN(c2ccc(C(=O)O)c([N+](=O)[O-])c2)C1. The van der Waals surface area contributed by atoms with Gasteiger partial charge in [0.25, 0.3) is 5.69 Å². The van der Waals surface area contributed by atoms with Crippen LogP contribution in [0, 0.1) is 21.4 Å². The Morgan fingerprint density at radius 3 is 2.57 bits per heavy atom. The van der Waals surface area contributed by atoms with Gasteiger partial charge in [-0.3, -0.25) is 10.1 Å². The van der Waals surface area contributed by atoms with E-state index in [1.54, 1.807) is 6.07 Å². The first-order valence-corrected chi connectivity index (χ1v) is 6.97. The third kappa shape index (κ3) is 3.15. The van der Waals surface area contributed by atoms with Crippen LogP contribution in [-0.4, -0.2) is 29.1 Å². The molecule has 1 aliphatic heterocycles. The number of carboxylic acids is 1. The lowest BCUT2D eigenvalue weighted by molar-refractivity contribution is -0.385. The van der Waals surface area contributed by atoms with Crippen molar-refractivity contribution in [2.45, 2.75) is 27.2 Å². The van der Waals surface area contributed by atoms with E-state index in [0.29, 0.717) is 5.92 Å². The molecule has 0 bridgehead atoms. The van der Waals surface area contributed by atoms with E-state index >= 15 is 0 Å². The summed E-state index contributed by atoms with van der Waals surface area (Å²) in [6.45, 7) is 8.25. The molecule has 1 aromatic carbocycles. The number of aromatic carboxylic acids is 1. The van der Waals surface area contributed by atoms with Gasteiger partial charge in [-0.15, -0.1) is 0 Å². The minimum absolute atomic E-state index is 0.196. The molecule has 1 unspecified atom stereocenters. The van der Waals surface area contributed by atoms with Crippen LogP contribution in [0.5, 0.6) is 0 Å². The Bertz CT molecular complexity index is 578. The zero-order valence-electron chi connectivity index (χ0n) is 12.5. The molecule has 1 heterocycles. The molecule has 21 heavy (non-hydrogen) atoms. The number of nitro groups is 1. The summed E-state index contributed by atoms with van der Waals surface area (Å²) < 4.78 is 0. The van der Waals surface area contributed by atoms with Crippen molar-refractivity contribution in [3.8, 4) is 0 Å². The van der Waals surface area contributed by atoms with Crippen LogP contribution >= 0.6 is 0 Å². The van der Waals surface area contributed by atoms with Gasteiger partial charge >= 0.3 is 5.97 Å². The van der Waals surface area contributed by atoms with Crippen LogP contribution in [0.4, 0.5) is 11.4 Å². The molecule has 1 N–H and O–H groups in total. The van der Waals surface area contributed by atoms with E-state index in [2.05, 4.69) is 25.7 Å². The van der Waals surface area contributed by atoms with E-state index < -0.39 is 10.9 Å². The third-order valence-corrected chi connectivity index (χ3v) is 4.19. The highest BCUT2D eigenvalue weighted by Crippen LogP contribution is 2.36. The number of nitrogens with zero attached hydrogens (tertiary/aromatic N) is 2. The van der Waals surface area contributed by atoms with Gasteiger partial charge in [-0.1, -0.05) is 20.8 Å². The van der Waals surface area contributed by atoms with Crippen molar-refractivity contribution in [3.05, 3.63) is 33.9 Å². The Hall–Kier alpha value is -2.11. The summed E-state index contributed by atoms with van der Waals surface area (Å²) in [6, 6.07) is 4.34. The fraction of sp³-hybridized carbons (Fsp3) is 0.533. The lowest BCUT2D eigenvalue weighted by atomic mass is 9.80. The molecule has 0 spiro atoms. The van der Waals surface area contributed by atoms with E-state index in [0.717, 1.165) is 25.2 Å². The lowest BCUT2D eigenvalue weighted by Gasteiger charge is -2.27. The predicted molar refractivity (Wildman–Crippen MR) is 79.8 cm³/mol. The van der Waals surface area contributed by atoms with Crippen molar-refractivity contribution in [2.75, 3.05) is 18.0 Å². The second-order valence-electron chi connectivity index (χ2n) is 6.56. The number of hydrogen-bond acceptors (Lipinski definition) is 4. The fourth-order valence-corrected chi connectivity index (χ4v) is 2.75. The molecular weight excluding hydrogens is 272 g/mol. The van der Waals surface area contributed by atoms with Crippen LogP contribution in [-0.2, 0) is 0 Å². The van der Waals surface area contributed by atoms with Gasteiger partial charge in [-0.25, -0.2) is 4.79 Å². The first kappa shape index (κ1) is 15.3. The molecule has 114 valence electrons. The molecule has 1 fully saturated rings. The van der Waals surface area contributed by atoms with Gasteiger partial charge < -0.3 is 10.0 Å². The van der Waals surface area contributed by atoms with Gasteiger partial charge in [0.2, 0.25) is 0 Å². The van der Waals surface area contributed by atoms with Crippen molar-refractivity contribution < 1.29 is 14.8 Å². The van der Waals surface area contributed by atoms with E-state index in [1.807, 2.05) is 0 Å². The molecule has 1 aliphatic rings. The predicted octanol–water partition coefficient (Wildman–Crippen LogP) is 3.17. The zero-order chi connectivity index (χ0) is 15.8. The number of nitro benzene ring substituents is 1. The van der Waals surface area contributed by atoms with Gasteiger partial charge in [0.05, 0.1) is 4.92 Å². The minimum Gasteiger partial charge on any atom is -0.477 e. The third-order valence-electron chi connectivity index (χ3n) is 4.19. The summed E-state index contributed by atoms with van der Waals surface area (Å²) in [7, 11) is 0. The molecule has 6 nitrogen and oxygen atoms in total. The van der Waals surface area contributed by atoms with Crippen molar-refractivity contribution in [1.82, 2.24) is 0 Å². The quantitative estimate of drug-likeness (QED) is 0.683. The summed E-state index contributed by atoms with van der Waals surface area (Å²) in [6.07, 6.45) is 1.04. The molecule has 2 rings (SSSR count). The number of rotatable bonds is 3. The Labute approximate surface area is 123 Å². The minimum atomic E-state index is -1.28. The lowest BCUT2D eigenvalue weighted by Crippen LogP contribution is -2.25. The summed E-state index contributed by atoms with van der Waals surface area (Å²) in [4.78, 5) is 23.5. The maximum atomic E-state index is 11.0. The Balaban J connectivity index is 2.28. The fourth-order valence-electron chi connectivity index (χ4n) is 2.75. The molecule has 1 atom stereocenters. The summed E-state index contributed by atoms with van der Waals surface area (Å²) in [5.74, 6) is -0.752. The Morgan fingerprint density at radius 1 is 1.43 bits per heavy atom. The van der Waals surface area contributed by atoms with Gasteiger partial charge in [-0.2, -0.15) is 0 Å². The first-order chi connectivity index (χ1) is 9.70. The molecule has 0 aliphatic carbocycles. The van der Waals surface area contributed by atoms with E-state index in [4.69, 9.17) is 5.11 Å². The number of carbonyl (C=O) groups is 1. The normalized spacial score (nSPS) is 18.8. The maximum Gasteiger partial charge on any atom is 0.342 e. The van der Waals surface area contributed by atoms with Gasteiger partial charge in [0.1, 0.15) is 5.56 Å². The van der Waals surface area contributed by atoms with Gasteiger partial charge in [0, 0.05) is 24.8 Å². The Kier molecular flexibility index (Phi) is 3.89. The number of hydrogen-bond donors (Lipinski definition) is 1. The highest BCUT2D eigenvalue weighted by Gasteiger charge is 2.32. The largest absolute Gasteiger partial charge is 0.477 e. The molecule has 6 heteroatoms.